The second-order valence-corrected chi connectivity index (χ2v) is 8.24. The lowest BCUT2D eigenvalue weighted by Gasteiger charge is -2.17. The molecule has 2 aliphatic rings. The molecule has 17 heteroatoms. The summed E-state index contributed by atoms with van der Waals surface area (Å²) in [4.78, 5) is 60.7. The van der Waals surface area contributed by atoms with E-state index in [0.717, 1.165) is 34.5 Å². The number of carbonyl (C=O) groups is 1. The molecule has 37 heavy (non-hydrogen) atoms. The fourth-order valence-corrected chi connectivity index (χ4v) is 3.77. The van der Waals surface area contributed by atoms with Gasteiger partial charge in [0.05, 0.1) is 18.8 Å². The highest BCUT2D eigenvalue weighted by atomic mass is 16.6. The molecule has 17 nitrogen and oxygen atoms in total. The lowest BCUT2D eigenvalue weighted by Crippen LogP contribution is -2.39. The second kappa shape index (κ2) is 11.4. The monoisotopic (exact) mass is 530 g/mol. The van der Waals surface area contributed by atoms with Crippen LogP contribution in [0.4, 0.5) is 0 Å². The minimum Gasteiger partial charge on any atom is -0.394 e. The van der Waals surface area contributed by atoms with E-state index < -0.39 is 90.6 Å². The predicted molar refractivity (Wildman–Crippen MR) is 119 cm³/mol. The van der Waals surface area contributed by atoms with Gasteiger partial charge in [-0.25, -0.2) is 9.59 Å². The molecule has 204 valence electrons. The molecule has 2 aromatic heterocycles. The third-order valence-electron chi connectivity index (χ3n) is 5.78. The van der Waals surface area contributed by atoms with E-state index in [1.54, 1.807) is 0 Å². The van der Waals surface area contributed by atoms with Gasteiger partial charge in [-0.05, 0) is 6.92 Å². The van der Waals surface area contributed by atoms with Gasteiger partial charge in [-0.3, -0.25) is 33.5 Å². The number of aliphatic hydroxyl groups is 6. The maximum Gasteiger partial charge on any atom is 0.330 e. The Morgan fingerprint density at radius 2 is 1.32 bits per heavy atom. The van der Waals surface area contributed by atoms with Crippen molar-refractivity contribution < 1.29 is 44.9 Å². The number of aromatic nitrogens is 4. The molecular weight excluding hydrogens is 504 g/mol. The Bertz CT molecular complexity index is 1350. The zero-order valence-electron chi connectivity index (χ0n) is 19.2. The normalized spacial score (nSPS) is 31.1. The second-order valence-electron chi connectivity index (χ2n) is 8.24. The molecule has 0 amide bonds. The highest BCUT2D eigenvalue weighted by Crippen LogP contribution is 2.28. The number of rotatable bonds is 5. The smallest absolute Gasteiger partial charge is 0.330 e. The third kappa shape index (κ3) is 5.68. The summed E-state index contributed by atoms with van der Waals surface area (Å²) in [6, 6.07) is 1.09. The number of Topliss-reactive ketones (excluding diaryl/α,β-unsaturated/α-hetero) is 1. The van der Waals surface area contributed by atoms with E-state index in [1.165, 1.54) is 0 Å². The van der Waals surface area contributed by atoms with Crippen molar-refractivity contribution in [3.63, 3.8) is 0 Å². The standard InChI is InChI=1S/C11H14N2O7.C9H12N2O6/c1-4(15)5-2-13(11(19)12-9(5)18)10-8(17)7(16)6(3-14)20-10;12-3-4-6(14)7(15)8(17-4)11-2-1-5(13)10-9(11)16/h2,6-8,10,14,16-17H,3H2,1H3,(H,12,18,19);1-2,4,6-8,12,14-15H,3H2,(H,10,13,16)/t6-,7-,8-,10-;4-,6-,7-,8-/m11/s1. The largest absolute Gasteiger partial charge is 0.394 e. The van der Waals surface area contributed by atoms with Gasteiger partial charge in [0.2, 0.25) is 0 Å². The van der Waals surface area contributed by atoms with Crippen LogP contribution in [0, 0.1) is 0 Å². The molecule has 0 bridgehead atoms. The Balaban J connectivity index is 0.000000208. The van der Waals surface area contributed by atoms with Crippen LogP contribution in [0.15, 0.2) is 37.6 Å². The van der Waals surface area contributed by atoms with Gasteiger partial charge >= 0.3 is 11.4 Å². The maximum atomic E-state index is 11.7. The number of ether oxygens (including phenoxy) is 2. The number of nitrogens with zero attached hydrogens (tertiary/aromatic N) is 2. The molecule has 8 atom stereocenters. The molecule has 2 saturated heterocycles. The van der Waals surface area contributed by atoms with Gasteiger partial charge in [0.25, 0.3) is 11.1 Å². The van der Waals surface area contributed by atoms with Crippen molar-refractivity contribution in [1.82, 2.24) is 19.1 Å². The maximum absolute atomic E-state index is 11.7. The van der Waals surface area contributed by atoms with E-state index in [9.17, 15) is 44.4 Å². The molecule has 2 aliphatic heterocycles. The molecule has 4 heterocycles. The number of aliphatic hydroxyl groups excluding tert-OH is 6. The van der Waals surface area contributed by atoms with Gasteiger partial charge in [0, 0.05) is 18.5 Å². The first-order valence-corrected chi connectivity index (χ1v) is 10.8. The third-order valence-corrected chi connectivity index (χ3v) is 5.78. The van der Waals surface area contributed by atoms with E-state index in [1.807, 2.05) is 9.97 Å². The first kappa shape index (κ1) is 28.3. The Kier molecular flexibility index (Phi) is 8.72. The Morgan fingerprint density at radius 1 is 0.838 bits per heavy atom. The summed E-state index contributed by atoms with van der Waals surface area (Å²) in [6.45, 7) is 0.121. The van der Waals surface area contributed by atoms with Crippen LogP contribution in [0.25, 0.3) is 0 Å². The van der Waals surface area contributed by atoms with Crippen molar-refractivity contribution in [2.45, 2.75) is 56.0 Å². The Morgan fingerprint density at radius 3 is 1.76 bits per heavy atom. The SMILES string of the molecule is CC(=O)c1cn([C@@H]2O[C@H](CO)[C@@H](O)[C@H]2O)c(=O)[nH]c1=O.O=c1ccn([C@@H]2O[C@H](CO)[C@@H](O)[C@H]2O)c(=O)[nH]1. The fraction of sp³-hybridized carbons (Fsp3) is 0.550. The lowest BCUT2D eigenvalue weighted by molar-refractivity contribution is -0.0550. The van der Waals surface area contributed by atoms with Gasteiger partial charge in [-0.15, -0.1) is 0 Å². The van der Waals surface area contributed by atoms with Crippen LogP contribution in [-0.4, -0.2) is 105 Å². The summed E-state index contributed by atoms with van der Waals surface area (Å²) in [5, 5.41) is 56.5. The molecule has 0 radical (unpaired) electrons. The average molecular weight is 530 g/mol. The van der Waals surface area contributed by atoms with Crippen molar-refractivity contribution in [3.8, 4) is 0 Å². The first-order chi connectivity index (χ1) is 17.4. The summed E-state index contributed by atoms with van der Waals surface area (Å²) < 4.78 is 12.0. The number of aromatic amines is 2. The molecule has 0 unspecified atom stereocenters. The molecule has 8 N–H and O–H groups in total. The number of ketones is 1. The molecule has 0 aliphatic carbocycles. The molecule has 2 aromatic rings. The Labute approximate surface area is 205 Å². The molecular formula is C20H26N4O13. The topological polar surface area (TPSA) is 267 Å². The van der Waals surface area contributed by atoms with Gasteiger partial charge in [-0.1, -0.05) is 0 Å². The van der Waals surface area contributed by atoms with Crippen LogP contribution in [0.2, 0.25) is 0 Å². The summed E-state index contributed by atoms with van der Waals surface area (Å²) in [6.07, 6.45) is -7.84. The molecule has 0 aromatic carbocycles. The summed E-state index contributed by atoms with van der Waals surface area (Å²) >= 11 is 0. The number of carbonyl (C=O) groups excluding carboxylic acids is 1. The van der Waals surface area contributed by atoms with Crippen molar-refractivity contribution in [3.05, 3.63) is 65.7 Å². The fourth-order valence-electron chi connectivity index (χ4n) is 3.77. The van der Waals surface area contributed by atoms with Gasteiger partial charge in [-0.2, -0.15) is 0 Å². The highest BCUT2D eigenvalue weighted by Gasteiger charge is 2.44. The van der Waals surface area contributed by atoms with Crippen molar-refractivity contribution in [1.29, 1.82) is 0 Å². The number of hydrogen-bond acceptors (Lipinski definition) is 13. The number of nitrogens with one attached hydrogen (secondary N) is 2. The molecule has 2 fully saturated rings. The van der Waals surface area contributed by atoms with Crippen molar-refractivity contribution in [2.75, 3.05) is 13.2 Å². The minimum absolute atomic E-state index is 0.276. The molecule has 0 saturated carbocycles. The predicted octanol–water partition coefficient (Wildman–Crippen LogP) is -5.50. The van der Waals surface area contributed by atoms with E-state index in [-0.39, 0.29) is 5.56 Å². The van der Waals surface area contributed by atoms with E-state index in [4.69, 9.17) is 19.7 Å². The summed E-state index contributed by atoms with van der Waals surface area (Å²) in [5.41, 5.74) is -3.34. The summed E-state index contributed by atoms with van der Waals surface area (Å²) in [7, 11) is 0. The van der Waals surface area contributed by atoms with Crippen LogP contribution in [0.1, 0.15) is 29.7 Å². The molecule has 0 spiro atoms. The van der Waals surface area contributed by atoms with Crippen molar-refractivity contribution >= 4 is 5.78 Å². The molecule has 4 rings (SSSR count). The van der Waals surface area contributed by atoms with Crippen LogP contribution >= 0.6 is 0 Å². The van der Waals surface area contributed by atoms with Gasteiger partial charge < -0.3 is 40.1 Å². The Hall–Kier alpha value is -3.29. The van der Waals surface area contributed by atoms with Gasteiger partial charge in [0.1, 0.15) is 36.6 Å². The quantitative estimate of drug-likeness (QED) is 0.168. The lowest BCUT2D eigenvalue weighted by atomic mass is 10.1. The van der Waals surface area contributed by atoms with Crippen molar-refractivity contribution in [2.24, 2.45) is 0 Å². The average Bonchev–Trinajstić information content (AvgIpc) is 3.29. The van der Waals surface area contributed by atoms with Crippen LogP contribution in [-0.2, 0) is 9.47 Å². The van der Waals surface area contributed by atoms with Crippen LogP contribution in [0.5, 0.6) is 0 Å². The zero-order chi connectivity index (χ0) is 27.6. The first-order valence-electron chi connectivity index (χ1n) is 10.8. The zero-order valence-corrected chi connectivity index (χ0v) is 19.2. The number of H-pyrrole nitrogens is 2. The summed E-state index contributed by atoms with van der Waals surface area (Å²) in [5.74, 6) is -0.563. The van der Waals surface area contributed by atoms with E-state index in [2.05, 4.69) is 0 Å². The van der Waals surface area contributed by atoms with E-state index >= 15 is 0 Å². The number of hydrogen-bond donors (Lipinski definition) is 8. The van der Waals surface area contributed by atoms with E-state index in [0.29, 0.717) is 0 Å². The van der Waals surface area contributed by atoms with Crippen LogP contribution in [0.3, 0.4) is 0 Å². The van der Waals surface area contributed by atoms with Gasteiger partial charge in [0.15, 0.2) is 18.2 Å². The van der Waals surface area contributed by atoms with Crippen LogP contribution < -0.4 is 22.5 Å². The highest BCUT2D eigenvalue weighted by molar-refractivity contribution is 5.93. The minimum atomic E-state index is -1.48.